The predicted molar refractivity (Wildman–Crippen MR) is 136 cm³/mol. The number of carbonyl (C=O) groups is 3. The van der Waals surface area contributed by atoms with Crippen molar-refractivity contribution in [3.05, 3.63) is 88.1 Å². The van der Waals surface area contributed by atoms with E-state index in [0.29, 0.717) is 15.9 Å². The summed E-state index contributed by atoms with van der Waals surface area (Å²) in [5.74, 6) is -1.54. The van der Waals surface area contributed by atoms with Gasteiger partial charge in [-0.25, -0.2) is 9.37 Å². The van der Waals surface area contributed by atoms with E-state index in [9.17, 15) is 18.8 Å². The Labute approximate surface area is 211 Å². The third kappa shape index (κ3) is 4.75. The largest absolute Gasteiger partial charge is 0.280 e. The highest BCUT2D eigenvalue weighted by molar-refractivity contribution is 9.10. The van der Waals surface area contributed by atoms with Crippen molar-refractivity contribution in [3.8, 4) is 0 Å². The van der Waals surface area contributed by atoms with Crippen molar-refractivity contribution < 1.29 is 18.8 Å². The molecule has 1 saturated heterocycles. The number of hydrogen-bond donors (Lipinski definition) is 0. The number of thiazole rings is 1. The molecular weight excluding hydrogens is 535 g/mol. The maximum absolute atomic E-state index is 13.7. The number of rotatable bonds is 5. The van der Waals surface area contributed by atoms with E-state index in [1.165, 1.54) is 30.5 Å². The van der Waals surface area contributed by atoms with Crippen LogP contribution in [0, 0.1) is 5.82 Å². The molecule has 0 aliphatic carbocycles. The normalized spacial score (nSPS) is 13.8. The van der Waals surface area contributed by atoms with Crippen LogP contribution in [0.1, 0.15) is 28.8 Å². The van der Waals surface area contributed by atoms with Crippen LogP contribution in [0.3, 0.4) is 0 Å². The van der Waals surface area contributed by atoms with Gasteiger partial charge in [-0.15, -0.1) is 0 Å². The maximum atomic E-state index is 13.7. The van der Waals surface area contributed by atoms with Gasteiger partial charge in [-0.1, -0.05) is 45.5 Å². The molecule has 1 aliphatic rings. The molecule has 0 bridgehead atoms. The molecule has 0 N–H and O–H groups in total. The first kappa shape index (κ1) is 23.0. The molecule has 0 atom stereocenters. The summed E-state index contributed by atoms with van der Waals surface area (Å²) >= 11 is 4.51. The summed E-state index contributed by atoms with van der Waals surface area (Å²) in [6.07, 6.45) is 1.81. The van der Waals surface area contributed by atoms with Crippen LogP contribution in [0.15, 0.2) is 76.3 Å². The molecule has 3 amide bonds. The fraction of sp³-hybridized carbons (Fsp3) is 0.0800. The van der Waals surface area contributed by atoms with E-state index >= 15 is 0 Å². The van der Waals surface area contributed by atoms with Crippen LogP contribution >= 0.6 is 27.3 Å². The van der Waals surface area contributed by atoms with Gasteiger partial charge in [0, 0.05) is 22.9 Å². The minimum atomic E-state index is -0.515. The number of imide groups is 1. The first-order valence-corrected chi connectivity index (χ1v) is 12.2. The second-order valence-electron chi connectivity index (χ2n) is 7.69. The predicted octanol–water partition coefficient (Wildman–Crippen LogP) is 5.53. The zero-order chi connectivity index (χ0) is 24.5. The van der Waals surface area contributed by atoms with Crippen LogP contribution in [0.2, 0.25) is 0 Å². The molecule has 0 radical (unpaired) electrons. The van der Waals surface area contributed by atoms with Gasteiger partial charge < -0.3 is 0 Å². The quantitative estimate of drug-likeness (QED) is 0.186. The Kier molecular flexibility index (Phi) is 6.23. The van der Waals surface area contributed by atoms with E-state index in [1.807, 2.05) is 24.3 Å². The van der Waals surface area contributed by atoms with Gasteiger partial charge in [-0.2, -0.15) is 10.1 Å². The molecule has 1 aliphatic heterocycles. The molecular formula is C25H16BrFN4O3S. The van der Waals surface area contributed by atoms with E-state index in [1.54, 1.807) is 18.2 Å². The lowest BCUT2D eigenvalue weighted by atomic mass is 10.1. The number of nitrogens with zero attached hydrogens (tertiary/aromatic N) is 4. The summed E-state index contributed by atoms with van der Waals surface area (Å²) in [7, 11) is 0. The highest BCUT2D eigenvalue weighted by Crippen LogP contribution is 2.31. The minimum Gasteiger partial charge on any atom is -0.274 e. The number of fused-ring (bicyclic) bond motifs is 1. The number of hydrogen-bond acceptors (Lipinski definition) is 6. The molecule has 10 heteroatoms. The monoisotopic (exact) mass is 550 g/mol. The average molecular weight is 551 g/mol. The van der Waals surface area contributed by atoms with Crippen molar-refractivity contribution in [2.45, 2.75) is 12.8 Å². The average Bonchev–Trinajstić information content (AvgIpc) is 3.42. The van der Waals surface area contributed by atoms with Crippen molar-refractivity contribution >= 4 is 72.2 Å². The number of hydrazone groups is 1. The maximum Gasteiger partial charge on any atom is 0.280 e. The molecule has 0 saturated carbocycles. The fourth-order valence-electron chi connectivity index (χ4n) is 3.60. The molecule has 0 unspecified atom stereocenters. The van der Waals surface area contributed by atoms with E-state index in [2.05, 4.69) is 26.0 Å². The van der Waals surface area contributed by atoms with E-state index in [0.717, 1.165) is 31.3 Å². The molecule has 4 aromatic rings. The van der Waals surface area contributed by atoms with Crippen LogP contribution in [0.5, 0.6) is 0 Å². The molecule has 3 aromatic carbocycles. The molecule has 174 valence electrons. The van der Waals surface area contributed by atoms with Gasteiger partial charge in [0.2, 0.25) is 16.9 Å². The van der Waals surface area contributed by atoms with Crippen molar-refractivity contribution in [2.75, 3.05) is 9.91 Å². The Balaban J connectivity index is 1.54. The highest BCUT2D eigenvalue weighted by atomic mass is 79.9. The van der Waals surface area contributed by atoms with Crippen LogP contribution in [0.25, 0.3) is 10.2 Å². The number of halogens is 2. The van der Waals surface area contributed by atoms with Gasteiger partial charge in [0.25, 0.3) is 5.91 Å². The number of aromatic nitrogens is 1. The second-order valence-corrected chi connectivity index (χ2v) is 9.62. The summed E-state index contributed by atoms with van der Waals surface area (Å²) in [5, 5.41) is 5.78. The zero-order valence-corrected chi connectivity index (χ0v) is 20.4. The molecule has 35 heavy (non-hydrogen) atoms. The molecule has 0 spiro atoms. The van der Waals surface area contributed by atoms with Crippen LogP contribution in [-0.2, 0) is 9.59 Å². The zero-order valence-electron chi connectivity index (χ0n) is 18.0. The van der Waals surface area contributed by atoms with Gasteiger partial charge >= 0.3 is 0 Å². The lowest BCUT2D eigenvalue weighted by Crippen LogP contribution is -2.29. The summed E-state index contributed by atoms with van der Waals surface area (Å²) in [5.41, 5.74) is 1.82. The van der Waals surface area contributed by atoms with E-state index in [4.69, 9.17) is 0 Å². The van der Waals surface area contributed by atoms with Gasteiger partial charge in [0.1, 0.15) is 5.82 Å². The van der Waals surface area contributed by atoms with E-state index in [-0.39, 0.29) is 35.4 Å². The number of anilines is 2. The highest BCUT2D eigenvalue weighted by Gasteiger charge is 2.31. The van der Waals surface area contributed by atoms with Gasteiger partial charge in [0.05, 0.1) is 22.1 Å². The van der Waals surface area contributed by atoms with Gasteiger partial charge in [-0.05, 0) is 54.1 Å². The Morgan fingerprint density at radius 2 is 1.80 bits per heavy atom. The lowest BCUT2D eigenvalue weighted by molar-refractivity contribution is -0.121. The third-order valence-electron chi connectivity index (χ3n) is 5.31. The lowest BCUT2D eigenvalue weighted by Gasteiger charge is -2.17. The second kappa shape index (κ2) is 9.47. The summed E-state index contributed by atoms with van der Waals surface area (Å²) in [6, 6.07) is 17.8. The summed E-state index contributed by atoms with van der Waals surface area (Å²) in [4.78, 5) is 43.5. The molecule has 7 nitrogen and oxygen atoms in total. The summed E-state index contributed by atoms with van der Waals surface area (Å²) in [6.45, 7) is 0. The molecule has 1 fully saturated rings. The smallest absolute Gasteiger partial charge is 0.274 e. The molecule has 2 heterocycles. The van der Waals surface area contributed by atoms with Crippen molar-refractivity contribution in [2.24, 2.45) is 5.10 Å². The molecule has 5 rings (SSSR count). The fourth-order valence-corrected chi connectivity index (χ4v) is 4.81. The number of amides is 3. The number of benzene rings is 3. The Bertz CT molecular complexity index is 1490. The van der Waals surface area contributed by atoms with Crippen molar-refractivity contribution in [1.82, 2.24) is 4.98 Å². The first-order chi connectivity index (χ1) is 16.9. The SMILES string of the molecule is O=C(c1cccc(N2C(=O)CCC2=O)c1)N(/N=C/c1ccc(Br)cc1)c1nc2ccc(F)cc2s1. The standard InChI is InChI=1S/C25H16BrFN4O3S/c26-17-6-4-15(5-7-17)14-28-31(25-29-20-9-8-18(27)13-21(20)35-25)24(34)16-2-1-3-19(12-16)30-22(32)10-11-23(30)33/h1-9,12-14H,10-11H2/b28-14+. The van der Waals surface area contributed by atoms with Crippen molar-refractivity contribution in [1.29, 1.82) is 0 Å². The topological polar surface area (TPSA) is 82.9 Å². The Morgan fingerprint density at radius 3 is 2.54 bits per heavy atom. The third-order valence-corrected chi connectivity index (χ3v) is 6.83. The van der Waals surface area contributed by atoms with Crippen LogP contribution in [0.4, 0.5) is 15.2 Å². The van der Waals surface area contributed by atoms with Crippen molar-refractivity contribution in [3.63, 3.8) is 0 Å². The molecule has 1 aromatic heterocycles. The number of carbonyl (C=O) groups excluding carboxylic acids is 3. The van der Waals surface area contributed by atoms with E-state index < -0.39 is 11.7 Å². The first-order valence-electron chi connectivity index (χ1n) is 10.5. The van der Waals surface area contributed by atoms with Gasteiger partial charge in [-0.3, -0.25) is 19.3 Å². The van der Waals surface area contributed by atoms with Crippen LogP contribution in [-0.4, -0.2) is 28.9 Å². The van der Waals surface area contributed by atoms with Gasteiger partial charge in [0.15, 0.2) is 0 Å². The summed E-state index contributed by atoms with van der Waals surface area (Å²) < 4.78 is 15.2. The van der Waals surface area contributed by atoms with Crippen LogP contribution < -0.4 is 9.91 Å². The minimum absolute atomic E-state index is 0.142. The Hall–Kier alpha value is -3.76. The Morgan fingerprint density at radius 1 is 1.06 bits per heavy atom.